The van der Waals surface area contributed by atoms with Crippen molar-refractivity contribution in [3.05, 3.63) is 157 Å². The fourth-order valence-electron chi connectivity index (χ4n) is 14.2. The van der Waals surface area contributed by atoms with Crippen LogP contribution in [0.4, 0.5) is 34.1 Å². The molecular weight excluding hydrogens is 933 g/mol. The summed E-state index contributed by atoms with van der Waals surface area (Å²) < 4.78 is 2.78. The molecule has 0 aliphatic carbocycles. The predicted molar refractivity (Wildman–Crippen MR) is 329 cm³/mol. The van der Waals surface area contributed by atoms with Crippen molar-refractivity contribution in [2.75, 3.05) is 9.80 Å². The Hall–Kier alpha value is -5.73. The van der Waals surface area contributed by atoms with Crippen molar-refractivity contribution < 1.29 is 0 Å². The fourth-order valence-corrected chi connectivity index (χ4v) is 26.8. The summed E-state index contributed by atoms with van der Waals surface area (Å²) in [5, 5.41) is 17.7. The van der Waals surface area contributed by atoms with Crippen molar-refractivity contribution in [1.82, 2.24) is 0 Å². The van der Waals surface area contributed by atoms with E-state index in [4.69, 9.17) is 0 Å². The van der Waals surface area contributed by atoms with E-state index in [1.807, 2.05) is 11.3 Å². The van der Waals surface area contributed by atoms with Gasteiger partial charge >= 0.3 is 0 Å². The second-order valence-electron chi connectivity index (χ2n) is 22.6. The van der Waals surface area contributed by atoms with Crippen molar-refractivity contribution in [1.29, 1.82) is 0 Å². The average Bonchev–Trinajstić information content (AvgIpc) is 3.79. The molecule has 0 saturated carbocycles. The predicted octanol–water partition coefficient (Wildman–Crippen LogP) is 19.1. The quantitative estimate of drug-likeness (QED) is 0.0703. The Kier molecular flexibility index (Phi) is 12.7. The molecule has 0 saturated heterocycles. The van der Waals surface area contributed by atoms with Gasteiger partial charge in [-0.15, -0.1) is 11.3 Å². The van der Waals surface area contributed by atoms with E-state index in [1.165, 1.54) is 173 Å². The molecule has 12 rings (SSSR count). The van der Waals surface area contributed by atoms with Crippen LogP contribution in [0.5, 0.6) is 0 Å². The monoisotopic (exact) mass is 1010 g/mol. The number of thiophene rings is 1. The summed E-state index contributed by atoms with van der Waals surface area (Å²) in [6.07, 6.45) is 9.96. The van der Waals surface area contributed by atoms with Crippen LogP contribution in [-0.2, 0) is 0 Å². The molecule has 0 radical (unpaired) electrons. The van der Waals surface area contributed by atoms with E-state index < -0.39 is 16.1 Å². The third-order valence-corrected chi connectivity index (χ3v) is 29.5. The zero-order chi connectivity index (χ0) is 50.2. The summed E-state index contributed by atoms with van der Waals surface area (Å²) in [5.41, 5.74) is 11.1. The first-order valence-corrected chi connectivity index (χ1v) is 34.0. The molecule has 2 nitrogen and oxygen atoms in total. The summed E-state index contributed by atoms with van der Waals surface area (Å²) in [7, 11) is -4.36. The normalized spacial score (nSPS) is 14.8. The van der Waals surface area contributed by atoms with Gasteiger partial charge < -0.3 is 9.80 Å². The van der Waals surface area contributed by atoms with Crippen LogP contribution in [0.15, 0.2) is 146 Å². The first-order chi connectivity index (χ1) is 35.7. The van der Waals surface area contributed by atoms with E-state index in [0.29, 0.717) is 11.8 Å². The van der Waals surface area contributed by atoms with Crippen LogP contribution in [0, 0.1) is 0 Å². The molecule has 9 aromatic carbocycles. The molecule has 370 valence electrons. The Bertz CT molecular complexity index is 3630. The molecule has 10 aromatic rings. The summed E-state index contributed by atoms with van der Waals surface area (Å²) in [6.45, 7) is 19.2. The lowest BCUT2D eigenvalue weighted by Crippen LogP contribution is -2.62. The van der Waals surface area contributed by atoms with Crippen LogP contribution in [0.25, 0.3) is 52.5 Å². The number of hydrogen-bond acceptors (Lipinski definition) is 3. The van der Waals surface area contributed by atoms with Gasteiger partial charge in [-0.25, -0.2) is 0 Å². The van der Waals surface area contributed by atoms with E-state index in [2.05, 4.69) is 211 Å². The minimum Gasteiger partial charge on any atom is -0.310 e. The maximum atomic E-state index is 2.77. The Balaban J connectivity index is 1.18. The molecule has 0 bridgehead atoms. The van der Waals surface area contributed by atoms with Gasteiger partial charge in [0.2, 0.25) is 0 Å². The number of hydrogen-bond donors (Lipinski definition) is 0. The second-order valence-corrected chi connectivity index (χ2v) is 32.2. The Morgan fingerprint density at radius 1 is 0.356 bits per heavy atom. The van der Waals surface area contributed by atoms with Gasteiger partial charge in [-0.2, -0.15) is 0 Å². The van der Waals surface area contributed by atoms with Gasteiger partial charge in [-0.3, -0.25) is 0 Å². The highest BCUT2D eigenvalue weighted by atomic mass is 32.1. The van der Waals surface area contributed by atoms with E-state index in [9.17, 15) is 0 Å². The van der Waals surface area contributed by atoms with Crippen LogP contribution in [0.1, 0.15) is 130 Å². The largest absolute Gasteiger partial charge is 0.310 e. The molecule has 5 heteroatoms. The lowest BCUT2D eigenvalue weighted by atomic mass is 9.84. The van der Waals surface area contributed by atoms with Gasteiger partial charge in [0.1, 0.15) is 16.1 Å². The summed E-state index contributed by atoms with van der Waals surface area (Å²) in [4.78, 5) is 5.49. The number of para-hydroxylation sites is 3. The molecule has 2 aliphatic rings. The Morgan fingerprint density at radius 2 is 0.753 bits per heavy atom. The van der Waals surface area contributed by atoms with Crippen LogP contribution >= 0.6 is 11.3 Å². The molecule has 0 N–H and O–H groups in total. The third-order valence-electron chi connectivity index (χ3n) is 17.7. The molecule has 2 aliphatic heterocycles. The average molecular weight is 1010 g/mol. The topological polar surface area (TPSA) is 6.48 Å². The molecule has 0 atom stereocenters. The van der Waals surface area contributed by atoms with Crippen LogP contribution in [0.2, 0.25) is 24.2 Å². The first-order valence-electron chi connectivity index (χ1n) is 28.3. The van der Waals surface area contributed by atoms with Crippen molar-refractivity contribution in [3.63, 3.8) is 0 Å². The SMILES string of the molecule is CCCC[Si]1(CCCC)c2ccccc2N(c2cc(C(C)C)c3ccc4c(N5c6ccccc6[Si](CCCC)(CCCC)c6cc7c(cc65)sc5ccccc57)cc(C(C)C)c5ccc2c3c54)c2ccccc21. The van der Waals surface area contributed by atoms with Gasteiger partial charge in [0.15, 0.2) is 0 Å². The maximum absolute atomic E-state index is 2.77. The number of benzene rings is 9. The highest BCUT2D eigenvalue weighted by Crippen LogP contribution is 2.53. The fraction of sp³-hybridized carbons (Fsp3) is 0.324. The number of anilines is 6. The highest BCUT2D eigenvalue weighted by molar-refractivity contribution is 7.26. The van der Waals surface area contributed by atoms with Crippen LogP contribution < -0.4 is 30.5 Å². The van der Waals surface area contributed by atoms with Gasteiger partial charge in [0.25, 0.3) is 0 Å². The van der Waals surface area contributed by atoms with Crippen LogP contribution in [-0.4, -0.2) is 16.1 Å². The first kappa shape index (κ1) is 48.2. The third kappa shape index (κ3) is 7.41. The Morgan fingerprint density at radius 3 is 1.21 bits per heavy atom. The lowest BCUT2D eigenvalue weighted by Gasteiger charge is -2.45. The molecule has 0 unspecified atom stereocenters. The van der Waals surface area contributed by atoms with Crippen molar-refractivity contribution >= 4 is 135 Å². The molecule has 0 amide bonds. The number of nitrogens with zero attached hydrogens (tertiary/aromatic N) is 2. The molecule has 1 aromatic heterocycles. The summed E-state index contributed by atoms with van der Waals surface area (Å²) in [5.74, 6) is 0.656. The molecule has 0 fully saturated rings. The summed E-state index contributed by atoms with van der Waals surface area (Å²) in [6, 6.07) is 64.0. The molecule has 73 heavy (non-hydrogen) atoms. The van der Waals surface area contributed by atoms with E-state index >= 15 is 0 Å². The second kappa shape index (κ2) is 19.2. The van der Waals surface area contributed by atoms with Crippen molar-refractivity contribution in [2.24, 2.45) is 0 Å². The van der Waals surface area contributed by atoms with Gasteiger partial charge in [0, 0.05) is 53.7 Å². The number of fused-ring (bicyclic) bond motifs is 7. The zero-order valence-corrected chi connectivity index (χ0v) is 47.6. The standard InChI is InChI=1S/C68H74N2SSi2/c1-9-13-37-72(38-14-10-2)63-30-22-18-26-55(63)69(56-27-19-23-31-64(56)72)58-41-52(45(5)6)48-34-36-51-59(42-53(46(7)8)49-33-35-50(58)67(48)68(49)51)70-57-28-20-24-32-65(57)73(39-15-11-3,40-16-12-4)66-43-54-47-25-17-21-29-61(47)71-62(54)44-60(66)70/h17-36,41-46H,9-16,37-40H2,1-8H3. The zero-order valence-electron chi connectivity index (χ0n) is 44.8. The van der Waals surface area contributed by atoms with Crippen molar-refractivity contribution in [3.8, 4) is 0 Å². The van der Waals surface area contributed by atoms with E-state index in [-0.39, 0.29) is 0 Å². The number of rotatable bonds is 16. The molecule has 0 spiro atoms. The molecule has 3 heterocycles. The number of unbranched alkanes of at least 4 members (excludes halogenated alkanes) is 4. The van der Waals surface area contributed by atoms with E-state index in [1.54, 1.807) is 20.7 Å². The van der Waals surface area contributed by atoms with Gasteiger partial charge in [0.05, 0.1) is 11.4 Å². The Labute approximate surface area is 441 Å². The van der Waals surface area contributed by atoms with Gasteiger partial charge in [-0.1, -0.05) is 210 Å². The lowest BCUT2D eigenvalue weighted by molar-refractivity contribution is 0.837. The summed E-state index contributed by atoms with van der Waals surface area (Å²) >= 11 is 1.97. The van der Waals surface area contributed by atoms with E-state index in [0.717, 1.165) is 0 Å². The van der Waals surface area contributed by atoms with Gasteiger partial charge in [-0.05, 0) is 132 Å². The highest BCUT2D eigenvalue weighted by Gasteiger charge is 2.47. The maximum Gasteiger partial charge on any atom is 0.123 e. The molecular formula is C68H74N2SSi2. The minimum absolute atomic E-state index is 0.324. The smallest absolute Gasteiger partial charge is 0.123 e. The van der Waals surface area contributed by atoms with Crippen molar-refractivity contribution in [2.45, 2.75) is 143 Å². The minimum atomic E-state index is -2.26. The van der Waals surface area contributed by atoms with Crippen LogP contribution in [0.3, 0.4) is 0 Å².